The van der Waals surface area contributed by atoms with Crippen LogP contribution in [0.4, 0.5) is 0 Å². The fraction of sp³-hybridized carbons (Fsp3) is 0.524. The summed E-state index contributed by atoms with van der Waals surface area (Å²) in [5, 5.41) is 1.05. The van der Waals surface area contributed by atoms with Crippen molar-refractivity contribution in [1.82, 2.24) is 9.88 Å². The zero-order valence-corrected chi connectivity index (χ0v) is 14.9. The molecule has 2 saturated heterocycles. The van der Waals surface area contributed by atoms with Crippen LogP contribution in [-0.2, 0) is 9.47 Å². The first kappa shape index (κ1) is 16.2. The maximum atomic E-state index is 12.9. The molecule has 1 aromatic carbocycles. The second kappa shape index (κ2) is 6.32. The normalized spacial score (nSPS) is 28.3. The first-order valence-electron chi connectivity index (χ1n) is 9.61. The van der Waals surface area contributed by atoms with E-state index in [1.165, 1.54) is 12.8 Å². The van der Waals surface area contributed by atoms with Gasteiger partial charge in [0.25, 0.3) is 5.91 Å². The van der Waals surface area contributed by atoms with Crippen LogP contribution >= 0.6 is 0 Å². The lowest BCUT2D eigenvalue weighted by Gasteiger charge is -2.23. The summed E-state index contributed by atoms with van der Waals surface area (Å²) < 4.78 is 12.1. The molecule has 0 bridgehead atoms. The topological polar surface area (TPSA) is 51.7 Å². The van der Waals surface area contributed by atoms with E-state index in [0.29, 0.717) is 18.8 Å². The first-order chi connectivity index (χ1) is 12.7. The van der Waals surface area contributed by atoms with E-state index in [-0.39, 0.29) is 17.6 Å². The zero-order valence-electron chi connectivity index (χ0n) is 14.9. The molecule has 3 aliphatic rings. The number of carbonyl (C=O) groups is 1. The minimum absolute atomic E-state index is 0.00132. The van der Waals surface area contributed by atoms with Crippen LogP contribution in [0, 0.1) is 5.92 Å². The van der Waals surface area contributed by atoms with E-state index in [1.807, 2.05) is 41.3 Å². The molecule has 1 amide bonds. The Balaban J connectivity index is 1.25. The largest absolute Gasteiger partial charge is 0.375 e. The van der Waals surface area contributed by atoms with Crippen LogP contribution in [0.3, 0.4) is 0 Å². The Morgan fingerprint density at radius 1 is 1.27 bits per heavy atom. The van der Waals surface area contributed by atoms with Gasteiger partial charge < -0.3 is 14.4 Å². The second-order valence-corrected chi connectivity index (χ2v) is 7.96. The molecule has 5 heteroatoms. The number of nitrogens with zero attached hydrogens (tertiary/aromatic N) is 2. The molecule has 26 heavy (non-hydrogen) atoms. The van der Waals surface area contributed by atoms with Crippen molar-refractivity contribution in [3.8, 4) is 0 Å². The highest BCUT2D eigenvalue weighted by molar-refractivity contribution is 5.95. The molecular weight excluding hydrogens is 328 g/mol. The third kappa shape index (κ3) is 3.10. The molecule has 0 radical (unpaired) electrons. The fourth-order valence-electron chi connectivity index (χ4n) is 4.12. The fourth-order valence-corrected chi connectivity index (χ4v) is 4.12. The van der Waals surface area contributed by atoms with Crippen LogP contribution < -0.4 is 0 Å². The van der Waals surface area contributed by atoms with Crippen molar-refractivity contribution < 1.29 is 14.3 Å². The van der Waals surface area contributed by atoms with Gasteiger partial charge in [0.15, 0.2) is 0 Å². The van der Waals surface area contributed by atoms with Crippen LogP contribution in [0.25, 0.3) is 10.9 Å². The summed E-state index contributed by atoms with van der Waals surface area (Å²) in [6, 6.07) is 11.7. The van der Waals surface area contributed by atoms with Gasteiger partial charge in [-0.2, -0.15) is 0 Å². The highest BCUT2D eigenvalue weighted by atomic mass is 16.6. The van der Waals surface area contributed by atoms with E-state index in [4.69, 9.17) is 9.47 Å². The molecule has 1 aliphatic carbocycles. The van der Waals surface area contributed by atoms with Gasteiger partial charge >= 0.3 is 0 Å². The Bertz CT molecular complexity index is 835. The molecule has 136 valence electrons. The summed E-state index contributed by atoms with van der Waals surface area (Å²) in [5.41, 5.74) is 1.15. The number of para-hydroxylation sites is 1. The molecule has 1 spiro atoms. The molecule has 3 heterocycles. The third-order valence-electron chi connectivity index (χ3n) is 5.86. The number of likely N-dealkylation sites (tertiary alicyclic amines) is 1. The summed E-state index contributed by atoms with van der Waals surface area (Å²) in [4.78, 5) is 19.4. The van der Waals surface area contributed by atoms with Gasteiger partial charge in [0.05, 0.1) is 30.4 Å². The predicted octanol–water partition coefficient (Wildman–Crippen LogP) is 3.04. The Kier molecular flexibility index (Phi) is 3.94. The number of benzene rings is 1. The van der Waals surface area contributed by atoms with Crippen LogP contribution in [0.15, 0.2) is 36.4 Å². The lowest BCUT2D eigenvalue weighted by molar-refractivity contribution is 0.00153. The van der Waals surface area contributed by atoms with Crippen molar-refractivity contribution >= 4 is 16.8 Å². The van der Waals surface area contributed by atoms with E-state index in [2.05, 4.69) is 4.98 Å². The lowest BCUT2D eigenvalue weighted by atomic mass is 9.98. The number of hydrogen-bond donors (Lipinski definition) is 0. The number of pyridine rings is 1. The molecule has 1 aromatic heterocycles. The standard InChI is InChI=1S/C21H24N2O3/c24-20(19-8-7-16-3-1-2-4-18(16)22-19)23-10-9-21(14-23)11-17(13-26-21)25-12-15-5-6-15/h1-4,7-8,15,17H,5-6,9-14H2/t17-,21+/m1/s1. The smallest absolute Gasteiger partial charge is 0.272 e. The van der Waals surface area contributed by atoms with Crippen molar-refractivity contribution in [2.75, 3.05) is 26.3 Å². The number of aromatic nitrogens is 1. The number of ether oxygens (including phenoxy) is 2. The highest BCUT2D eigenvalue weighted by Crippen LogP contribution is 2.38. The van der Waals surface area contributed by atoms with Crippen LogP contribution in [0.5, 0.6) is 0 Å². The van der Waals surface area contributed by atoms with Crippen molar-refractivity contribution in [3.05, 3.63) is 42.1 Å². The van der Waals surface area contributed by atoms with Gasteiger partial charge in [0.2, 0.25) is 0 Å². The van der Waals surface area contributed by atoms with Crippen molar-refractivity contribution in [1.29, 1.82) is 0 Å². The van der Waals surface area contributed by atoms with Gasteiger partial charge in [-0.25, -0.2) is 4.98 Å². The lowest BCUT2D eigenvalue weighted by Crippen LogP contribution is -2.36. The molecule has 1 saturated carbocycles. The Morgan fingerprint density at radius 3 is 3.04 bits per heavy atom. The third-order valence-corrected chi connectivity index (χ3v) is 5.86. The molecule has 0 N–H and O–H groups in total. The quantitative estimate of drug-likeness (QED) is 0.849. The molecular formula is C21H24N2O3. The molecule has 2 atom stereocenters. The van der Waals surface area contributed by atoms with Crippen molar-refractivity contribution in [2.24, 2.45) is 5.92 Å². The summed E-state index contributed by atoms with van der Waals surface area (Å²) >= 11 is 0. The minimum Gasteiger partial charge on any atom is -0.375 e. The van der Waals surface area contributed by atoms with Crippen molar-refractivity contribution in [2.45, 2.75) is 37.4 Å². The summed E-state index contributed by atoms with van der Waals surface area (Å²) in [6.07, 6.45) is 4.58. The number of amides is 1. The molecule has 0 unspecified atom stereocenters. The summed E-state index contributed by atoms with van der Waals surface area (Å²) in [7, 11) is 0. The van der Waals surface area contributed by atoms with Gasteiger partial charge in [0, 0.05) is 25.0 Å². The maximum Gasteiger partial charge on any atom is 0.272 e. The molecule has 5 rings (SSSR count). The Hall–Kier alpha value is -1.98. The Labute approximate surface area is 153 Å². The van der Waals surface area contributed by atoms with E-state index in [1.54, 1.807) is 0 Å². The van der Waals surface area contributed by atoms with Crippen molar-refractivity contribution in [3.63, 3.8) is 0 Å². The molecule has 3 fully saturated rings. The van der Waals surface area contributed by atoms with Crippen LogP contribution in [-0.4, -0.2) is 53.8 Å². The summed E-state index contributed by atoms with van der Waals surface area (Å²) in [6.45, 7) is 2.89. The van der Waals surface area contributed by atoms with Gasteiger partial charge in [-0.05, 0) is 37.3 Å². The number of carbonyl (C=O) groups excluding carboxylic acids is 1. The predicted molar refractivity (Wildman–Crippen MR) is 98.0 cm³/mol. The highest BCUT2D eigenvalue weighted by Gasteiger charge is 2.47. The molecule has 2 aromatic rings. The van der Waals surface area contributed by atoms with E-state index < -0.39 is 0 Å². The number of fused-ring (bicyclic) bond motifs is 1. The van der Waals surface area contributed by atoms with Gasteiger partial charge in [0.1, 0.15) is 5.69 Å². The van der Waals surface area contributed by atoms with Gasteiger partial charge in [-0.3, -0.25) is 4.79 Å². The van der Waals surface area contributed by atoms with Crippen LogP contribution in [0.1, 0.15) is 36.2 Å². The van der Waals surface area contributed by atoms with Crippen LogP contribution in [0.2, 0.25) is 0 Å². The summed E-state index contributed by atoms with van der Waals surface area (Å²) in [5.74, 6) is 0.769. The number of hydrogen-bond acceptors (Lipinski definition) is 4. The average molecular weight is 352 g/mol. The van der Waals surface area contributed by atoms with E-state index in [9.17, 15) is 4.79 Å². The second-order valence-electron chi connectivity index (χ2n) is 7.96. The SMILES string of the molecule is O=C(c1ccc2ccccc2n1)N1CC[C@]2(C[C@@H](OCC3CC3)CO2)C1. The first-order valence-corrected chi connectivity index (χ1v) is 9.61. The Morgan fingerprint density at radius 2 is 2.15 bits per heavy atom. The number of rotatable bonds is 4. The van der Waals surface area contributed by atoms with E-state index >= 15 is 0 Å². The minimum atomic E-state index is -0.222. The van der Waals surface area contributed by atoms with E-state index in [0.717, 1.165) is 42.8 Å². The maximum absolute atomic E-state index is 12.9. The average Bonchev–Trinajstić information content (AvgIpc) is 3.30. The molecule has 2 aliphatic heterocycles. The monoisotopic (exact) mass is 352 g/mol. The van der Waals surface area contributed by atoms with Gasteiger partial charge in [-0.1, -0.05) is 24.3 Å². The molecule has 5 nitrogen and oxygen atoms in total. The van der Waals surface area contributed by atoms with Gasteiger partial charge in [-0.15, -0.1) is 0 Å². The zero-order chi connectivity index (χ0) is 17.6.